The monoisotopic (exact) mass is 338 g/mol. The molecule has 3 rings (SSSR count). The van der Waals surface area contributed by atoms with Gasteiger partial charge in [0, 0.05) is 0 Å². The smallest absolute Gasteiger partial charge is 0.348 e. The Morgan fingerprint density at radius 2 is 1.96 bits per heavy atom. The molecule has 6 nitrogen and oxygen atoms in total. The van der Waals surface area contributed by atoms with Crippen LogP contribution in [-0.4, -0.2) is 18.1 Å². The van der Waals surface area contributed by atoms with E-state index in [1.165, 1.54) is 7.11 Å². The Labute approximate surface area is 144 Å². The number of fused-ring (bicyclic) bond motifs is 1. The van der Waals surface area contributed by atoms with Gasteiger partial charge in [0.1, 0.15) is 0 Å². The zero-order valence-corrected chi connectivity index (χ0v) is 14.0. The molecule has 0 amide bonds. The third kappa shape index (κ3) is 3.38. The molecule has 0 spiro atoms. The number of hydrogen-bond donors (Lipinski definition) is 1. The highest BCUT2D eigenvalue weighted by molar-refractivity contribution is 5.83. The number of anilines is 1. The quantitative estimate of drug-likeness (QED) is 0.720. The van der Waals surface area contributed by atoms with Gasteiger partial charge in [-0.3, -0.25) is 0 Å². The highest BCUT2D eigenvalue weighted by Crippen LogP contribution is 2.21. The summed E-state index contributed by atoms with van der Waals surface area (Å²) in [6, 6.07) is 13.6. The number of carbonyl (C=O) groups excluding carboxylic acids is 1. The van der Waals surface area contributed by atoms with E-state index in [2.05, 4.69) is 10.3 Å². The molecule has 0 radical (unpaired) electrons. The van der Waals surface area contributed by atoms with Crippen LogP contribution in [0.5, 0.6) is 0 Å². The molecule has 1 aromatic heterocycles. The summed E-state index contributed by atoms with van der Waals surface area (Å²) in [5, 5.41) is 3.33. The van der Waals surface area contributed by atoms with Crippen LogP contribution in [0.3, 0.4) is 0 Å². The van der Waals surface area contributed by atoms with E-state index in [-0.39, 0.29) is 6.01 Å². The molecule has 1 heterocycles. The van der Waals surface area contributed by atoms with Gasteiger partial charge in [-0.25, -0.2) is 9.59 Å². The summed E-state index contributed by atoms with van der Waals surface area (Å²) in [4.78, 5) is 28.8. The lowest BCUT2D eigenvalue weighted by atomic mass is 10.1. The SMILES string of the molecule is CCc1cccc2nc(N[C@@H](C(=O)OC)c3ccccc3)oc(=O)c12. The lowest BCUT2D eigenvalue weighted by Gasteiger charge is -2.16. The van der Waals surface area contributed by atoms with Gasteiger partial charge in [0.25, 0.3) is 6.01 Å². The summed E-state index contributed by atoms with van der Waals surface area (Å²) >= 11 is 0. The van der Waals surface area contributed by atoms with Crippen LogP contribution < -0.4 is 10.9 Å². The van der Waals surface area contributed by atoms with Crippen LogP contribution >= 0.6 is 0 Å². The fourth-order valence-electron chi connectivity index (χ4n) is 2.71. The minimum Gasteiger partial charge on any atom is -0.467 e. The summed E-state index contributed by atoms with van der Waals surface area (Å²) in [7, 11) is 1.30. The van der Waals surface area contributed by atoms with E-state index in [1.54, 1.807) is 18.2 Å². The Hall–Kier alpha value is -3.15. The van der Waals surface area contributed by atoms with Crippen molar-refractivity contribution >= 4 is 22.9 Å². The van der Waals surface area contributed by atoms with Gasteiger partial charge in [0.05, 0.1) is 18.0 Å². The lowest BCUT2D eigenvalue weighted by Crippen LogP contribution is -2.23. The number of nitrogens with zero attached hydrogens (tertiary/aromatic N) is 1. The number of hydrogen-bond acceptors (Lipinski definition) is 6. The molecule has 0 saturated carbocycles. The second kappa shape index (κ2) is 7.17. The van der Waals surface area contributed by atoms with Crippen LogP contribution in [0.4, 0.5) is 6.01 Å². The second-order valence-electron chi connectivity index (χ2n) is 5.48. The van der Waals surface area contributed by atoms with E-state index in [9.17, 15) is 9.59 Å². The molecule has 3 aromatic rings. The van der Waals surface area contributed by atoms with Gasteiger partial charge >= 0.3 is 11.6 Å². The Kier molecular flexibility index (Phi) is 4.79. The standard InChI is InChI=1S/C19H18N2O4/c1-3-12-10-7-11-14-15(12)17(22)25-19(20-14)21-16(18(23)24-2)13-8-5-4-6-9-13/h4-11,16H,3H2,1-2H3,(H,20,21)/t16-/m1/s1. The molecule has 0 unspecified atom stereocenters. The molecular formula is C19H18N2O4. The zero-order chi connectivity index (χ0) is 17.8. The van der Waals surface area contributed by atoms with Crippen molar-refractivity contribution in [2.24, 2.45) is 0 Å². The molecule has 1 atom stereocenters. The highest BCUT2D eigenvalue weighted by atomic mass is 16.5. The van der Waals surface area contributed by atoms with Crippen molar-refractivity contribution in [3.8, 4) is 0 Å². The first-order chi connectivity index (χ1) is 12.1. The molecule has 6 heteroatoms. The number of methoxy groups -OCH3 is 1. The topological polar surface area (TPSA) is 81.4 Å². The number of aromatic nitrogens is 1. The average Bonchev–Trinajstić information content (AvgIpc) is 2.65. The summed E-state index contributed by atoms with van der Waals surface area (Å²) in [5.74, 6) is -0.502. The van der Waals surface area contributed by atoms with Gasteiger partial charge < -0.3 is 14.5 Å². The number of ether oxygens (including phenoxy) is 1. The Morgan fingerprint density at radius 1 is 1.20 bits per heavy atom. The number of nitrogens with one attached hydrogen (secondary N) is 1. The fraction of sp³-hybridized carbons (Fsp3) is 0.211. The lowest BCUT2D eigenvalue weighted by molar-refractivity contribution is -0.141. The van der Waals surface area contributed by atoms with Crippen LogP contribution in [0.25, 0.3) is 10.9 Å². The molecule has 0 bridgehead atoms. The molecule has 128 valence electrons. The minimum atomic E-state index is -0.825. The van der Waals surface area contributed by atoms with Crippen LogP contribution in [0.2, 0.25) is 0 Å². The number of esters is 1. The summed E-state index contributed by atoms with van der Waals surface area (Å²) in [5.41, 5.74) is 1.59. The van der Waals surface area contributed by atoms with E-state index in [1.807, 2.05) is 37.3 Å². The van der Waals surface area contributed by atoms with Gasteiger partial charge in [-0.15, -0.1) is 0 Å². The predicted octanol–water partition coefficient (Wildman–Crippen LogP) is 3.08. The largest absolute Gasteiger partial charge is 0.467 e. The molecule has 0 fully saturated rings. The first-order valence-corrected chi connectivity index (χ1v) is 7.96. The zero-order valence-electron chi connectivity index (χ0n) is 14.0. The van der Waals surface area contributed by atoms with Crippen molar-refractivity contribution in [1.82, 2.24) is 4.98 Å². The van der Waals surface area contributed by atoms with Gasteiger partial charge in [-0.05, 0) is 23.6 Å². The first kappa shape index (κ1) is 16.7. The van der Waals surface area contributed by atoms with E-state index < -0.39 is 17.6 Å². The van der Waals surface area contributed by atoms with E-state index in [0.717, 1.165) is 5.56 Å². The summed E-state index contributed by atoms with van der Waals surface area (Å²) in [6.45, 7) is 1.96. The summed E-state index contributed by atoms with van der Waals surface area (Å²) in [6.07, 6.45) is 0.700. The number of carbonyl (C=O) groups is 1. The molecule has 1 N–H and O–H groups in total. The van der Waals surface area contributed by atoms with Crippen molar-refractivity contribution in [3.05, 3.63) is 70.1 Å². The van der Waals surface area contributed by atoms with Gasteiger partial charge in [0.15, 0.2) is 6.04 Å². The Morgan fingerprint density at radius 3 is 2.64 bits per heavy atom. The van der Waals surface area contributed by atoms with Crippen molar-refractivity contribution in [2.75, 3.05) is 12.4 Å². The highest BCUT2D eigenvalue weighted by Gasteiger charge is 2.23. The van der Waals surface area contributed by atoms with Crippen molar-refractivity contribution in [3.63, 3.8) is 0 Å². The Balaban J connectivity index is 2.03. The molecular weight excluding hydrogens is 320 g/mol. The fourth-order valence-corrected chi connectivity index (χ4v) is 2.71. The molecule has 0 aliphatic rings. The van der Waals surface area contributed by atoms with E-state index in [0.29, 0.717) is 22.9 Å². The van der Waals surface area contributed by atoms with Crippen LogP contribution in [-0.2, 0) is 16.0 Å². The van der Waals surface area contributed by atoms with Crippen LogP contribution in [0.1, 0.15) is 24.1 Å². The van der Waals surface area contributed by atoms with Gasteiger partial charge in [0.2, 0.25) is 0 Å². The normalized spacial score (nSPS) is 11.9. The maximum atomic E-state index is 12.4. The maximum absolute atomic E-state index is 12.4. The van der Waals surface area contributed by atoms with E-state index >= 15 is 0 Å². The Bertz CT molecular complexity index is 951. The van der Waals surface area contributed by atoms with Crippen molar-refractivity contribution in [1.29, 1.82) is 0 Å². The molecule has 0 aliphatic heterocycles. The van der Waals surface area contributed by atoms with Crippen molar-refractivity contribution < 1.29 is 13.9 Å². The number of aryl methyl sites for hydroxylation is 1. The number of benzene rings is 2. The third-order valence-electron chi connectivity index (χ3n) is 3.96. The third-order valence-corrected chi connectivity index (χ3v) is 3.96. The van der Waals surface area contributed by atoms with Crippen LogP contribution in [0, 0.1) is 0 Å². The van der Waals surface area contributed by atoms with Gasteiger partial charge in [-0.2, -0.15) is 4.98 Å². The average molecular weight is 338 g/mol. The van der Waals surface area contributed by atoms with Crippen LogP contribution in [0.15, 0.2) is 57.7 Å². The molecule has 2 aromatic carbocycles. The molecule has 0 saturated heterocycles. The van der Waals surface area contributed by atoms with Gasteiger partial charge in [-0.1, -0.05) is 49.4 Å². The van der Waals surface area contributed by atoms with E-state index in [4.69, 9.17) is 9.15 Å². The second-order valence-corrected chi connectivity index (χ2v) is 5.48. The van der Waals surface area contributed by atoms with Crippen molar-refractivity contribution in [2.45, 2.75) is 19.4 Å². The first-order valence-electron chi connectivity index (χ1n) is 7.96. The predicted molar refractivity (Wildman–Crippen MR) is 94.5 cm³/mol. The maximum Gasteiger partial charge on any atom is 0.348 e. The molecule has 25 heavy (non-hydrogen) atoms. The summed E-state index contributed by atoms with van der Waals surface area (Å²) < 4.78 is 10.1. The minimum absolute atomic E-state index is 0.0231. The number of rotatable bonds is 5. The molecule has 0 aliphatic carbocycles.